The Hall–Kier alpha value is -2.35. The quantitative estimate of drug-likeness (QED) is 0.540. The predicted octanol–water partition coefficient (Wildman–Crippen LogP) is 2.80. The Morgan fingerprint density at radius 2 is 1.63 bits per heavy atom. The van der Waals surface area contributed by atoms with Crippen LogP contribution < -0.4 is 4.74 Å². The van der Waals surface area contributed by atoms with Crippen molar-refractivity contribution in [3.05, 3.63) is 65.2 Å². The van der Waals surface area contributed by atoms with E-state index in [1.165, 1.54) is 11.3 Å². The largest absolute Gasteiger partial charge is 0.491 e. The summed E-state index contributed by atoms with van der Waals surface area (Å²) in [5.74, 6) is 2.17. The number of carbonyl (C=O) groups excluding carboxylic acids is 2. The maximum atomic E-state index is 12.2. The van der Waals surface area contributed by atoms with E-state index < -0.39 is 11.8 Å². The maximum absolute atomic E-state index is 12.2. The second-order valence-electron chi connectivity index (χ2n) is 6.37. The molecule has 4 rings (SSSR count). The fourth-order valence-electron chi connectivity index (χ4n) is 3.10. The van der Waals surface area contributed by atoms with Gasteiger partial charge in [0, 0.05) is 24.7 Å². The number of fused-ring (bicyclic) bond motifs is 1. The van der Waals surface area contributed by atoms with Gasteiger partial charge in [-0.05, 0) is 29.8 Å². The van der Waals surface area contributed by atoms with Crippen molar-refractivity contribution in [3.63, 3.8) is 0 Å². The molecule has 2 aromatic rings. The number of amides is 2. The van der Waals surface area contributed by atoms with Gasteiger partial charge in [0.05, 0.1) is 11.1 Å². The van der Waals surface area contributed by atoms with Crippen molar-refractivity contribution in [3.8, 4) is 5.75 Å². The van der Waals surface area contributed by atoms with E-state index in [4.69, 9.17) is 9.57 Å². The number of nitrogens with zero attached hydrogens (tertiary/aromatic N) is 2. The van der Waals surface area contributed by atoms with E-state index in [-0.39, 0.29) is 13.2 Å². The highest BCUT2D eigenvalue weighted by molar-refractivity contribution is 7.99. The smallest absolute Gasteiger partial charge is 0.285 e. The van der Waals surface area contributed by atoms with Gasteiger partial charge < -0.3 is 4.74 Å². The number of ether oxygens (including phenoxy) is 1. The average molecular weight is 384 g/mol. The third-order valence-electron chi connectivity index (χ3n) is 4.48. The summed E-state index contributed by atoms with van der Waals surface area (Å²) in [7, 11) is 0. The maximum Gasteiger partial charge on any atom is 0.285 e. The van der Waals surface area contributed by atoms with Crippen LogP contribution in [0.1, 0.15) is 26.3 Å². The standard InChI is InChI=1S/C20H20N2O4S/c23-19-17-3-1-2-4-18(17)20(24)22(19)26-11-10-25-16-7-5-15(6-8-16)13-21-9-12-27-14-21/h1-8H,9-14H2. The summed E-state index contributed by atoms with van der Waals surface area (Å²) in [6.45, 7) is 2.45. The molecule has 2 heterocycles. The first-order valence-corrected chi connectivity index (χ1v) is 10.0. The summed E-state index contributed by atoms with van der Waals surface area (Å²) in [6.07, 6.45) is 0. The zero-order valence-electron chi connectivity index (χ0n) is 14.8. The van der Waals surface area contributed by atoms with Crippen LogP contribution >= 0.6 is 11.8 Å². The van der Waals surface area contributed by atoms with Crippen molar-refractivity contribution in [1.29, 1.82) is 0 Å². The molecule has 0 spiro atoms. The lowest BCUT2D eigenvalue weighted by Gasteiger charge is -2.15. The van der Waals surface area contributed by atoms with Crippen LogP contribution in [0.4, 0.5) is 0 Å². The van der Waals surface area contributed by atoms with Gasteiger partial charge in [0.15, 0.2) is 0 Å². The Morgan fingerprint density at radius 3 is 2.26 bits per heavy atom. The van der Waals surface area contributed by atoms with E-state index in [9.17, 15) is 9.59 Å². The monoisotopic (exact) mass is 384 g/mol. The van der Waals surface area contributed by atoms with E-state index in [1.54, 1.807) is 24.3 Å². The van der Waals surface area contributed by atoms with Crippen LogP contribution in [0.3, 0.4) is 0 Å². The van der Waals surface area contributed by atoms with E-state index in [1.807, 2.05) is 23.9 Å². The van der Waals surface area contributed by atoms with Gasteiger partial charge in [-0.15, -0.1) is 16.8 Å². The van der Waals surface area contributed by atoms with Gasteiger partial charge in [-0.2, -0.15) is 0 Å². The van der Waals surface area contributed by atoms with Crippen molar-refractivity contribution in [2.24, 2.45) is 0 Å². The Kier molecular flexibility index (Phi) is 5.42. The lowest BCUT2D eigenvalue weighted by atomic mass is 10.1. The minimum Gasteiger partial charge on any atom is -0.491 e. The van der Waals surface area contributed by atoms with E-state index in [0.29, 0.717) is 11.1 Å². The number of benzene rings is 2. The van der Waals surface area contributed by atoms with E-state index >= 15 is 0 Å². The van der Waals surface area contributed by atoms with Crippen molar-refractivity contribution in [2.75, 3.05) is 31.4 Å². The molecule has 2 aliphatic heterocycles. The molecule has 140 valence electrons. The molecular weight excluding hydrogens is 364 g/mol. The van der Waals surface area contributed by atoms with Crippen LogP contribution in [-0.4, -0.2) is 53.2 Å². The first kappa shape index (κ1) is 18.0. The Balaban J connectivity index is 1.23. The number of thioether (sulfide) groups is 1. The number of hydroxylamine groups is 2. The van der Waals surface area contributed by atoms with Crippen LogP contribution in [0.2, 0.25) is 0 Å². The number of imide groups is 1. The predicted molar refractivity (Wildman–Crippen MR) is 103 cm³/mol. The number of hydrogen-bond donors (Lipinski definition) is 0. The van der Waals surface area contributed by atoms with Crippen molar-refractivity contribution in [2.45, 2.75) is 6.54 Å². The van der Waals surface area contributed by atoms with Crippen LogP contribution in [0.5, 0.6) is 5.75 Å². The van der Waals surface area contributed by atoms with Crippen LogP contribution in [0, 0.1) is 0 Å². The highest BCUT2D eigenvalue weighted by atomic mass is 32.2. The summed E-state index contributed by atoms with van der Waals surface area (Å²) in [4.78, 5) is 32.1. The second kappa shape index (κ2) is 8.12. The van der Waals surface area contributed by atoms with E-state index in [2.05, 4.69) is 17.0 Å². The SMILES string of the molecule is O=C1c2ccccc2C(=O)N1OCCOc1ccc(CN2CCSC2)cc1. The number of rotatable bonds is 7. The molecular formula is C20H20N2O4S. The van der Waals surface area contributed by atoms with Gasteiger partial charge in [-0.3, -0.25) is 19.3 Å². The summed E-state index contributed by atoms with van der Waals surface area (Å²) in [5.41, 5.74) is 2.00. The lowest BCUT2D eigenvalue weighted by Crippen LogP contribution is -2.31. The van der Waals surface area contributed by atoms with Gasteiger partial charge in [0.25, 0.3) is 11.8 Å². The highest BCUT2D eigenvalue weighted by Gasteiger charge is 2.36. The molecule has 0 radical (unpaired) electrons. The molecule has 0 bridgehead atoms. The summed E-state index contributed by atoms with van der Waals surface area (Å²) in [6, 6.07) is 14.7. The first-order chi connectivity index (χ1) is 13.2. The highest BCUT2D eigenvalue weighted by Crippen LogP contribution is 2.22. The third-order valence-corrected chi connectivity index (χ3v) is 5.50. The molecule has 7 heteroatoms. The van der Waals surface area contributed by atoms with Gasteiger partial charge >= 0.3 is 0 Å². The summed E-state index contributed by atoms with van der Waals surface area (Å²) >= 11 is 1.96. The van der Waals surface area contributed by atoms with Crippen molar-refractivity contribution >= 4 is 23.6 Å². The van der Waals surface area contributed by atoms with E-state index in [0.717, 1.165) is 29.8 Å². The van der Waals surface area contributed by atoms with Gasteiger partial charge in [-0.25, -0.2) is 0 Å². The molecule has 1 fully saturated rings. The molecule has 6 nitrogen and oxygen atoms in total. The molecule has 0 aromatic heterocycles. The number of carbonyl (C=O) groups is 2. The lowest BCUT2D eigenvalue weighted by molar-refractivity contribution is -0.0976. The molecule has 1 saturated heterocycles. The topological polar surface area (TPSA) is 59.1 Å². The Labute approximate surface area is 162 Å². The Bertz CT molecular complexity index is 799. The summed E-state index contributed by atoms with van der Waals surface area (Å²) < 4.78 is 5.65. The van der Waals surface area contributed by atoms with Crippen LogP contribution in [0.25, 0.3) is 0 Å². The third kappa shape index (κ3) is 4.00. The zero-order valence-corrected chi connectivity index (χ0v) is 15.6. The minimum atomic E-state index is -0.431. The van der Waals surface area contributed by atoms with Crippen LogP contribution in [0.15, 0.2) is 48.5 Å². The fourth-order valence-corrected chi connectivity index (χ4v) is 4.09. The minimum absolute atomic E-state index is 0.109. The second-order valence-corrected chi connectivity index (χ2v) is 7.44. The van der Waals surface area contributed by atoms with Crippen molar-refractivity contribution < 1.29 is 19.2 Å². The molecule has 27 heavy (non-hydrogen) atoms. The van der Waals surface area contributed by atoms with Crippen LogP contribution in [-0.2, 0) is 11.4 Å². The van der Waals surface area contributed by atoms with Gasteiger partial charge in [-0.1, -0.05) is 24.3 Å². The molecule has 2 amide bonds. The molecule has 0 N–H and O–H groups in total. The molecule has 0 saturated carbocycles. The molecule has 0 atom stereocenters. The number of hydrogen-bond acceptors (Lipinski definition) is 6. The zero-order chi connectivity index (χ0) is 18.6. The normalized spacial score (nSPS) is 16.8. The van der Waals surface area contributed by atoms with Gasteiger partial charge in [0.2, 0.25) is 0 Å². The summed E-state index contributed by atoms with van der Waals surface area (Å²) in [5, 5.41) is 0.811. The molecule has 2 aromatic carbocycles. The van der Waals surface area contributed by atoms with Crippen molar-refractivity contribution in [1.82, 2.24) is 9.96 Å². The molecule has 2 aliphatic rings. The average Bonchev–Trinajstić information content (AvgIpc) is 3.29. The molecule has 0 unspecified atom stereocenters. The first-order valence-electron chi connectivity index (χ1n) is 8.85. The van der Waals surface area contributed by atoms with Gasteiger partial charge in [0.1, 0.15) is 19.0 Å². The molecule has 0 aliphatic carbocycles. The Morgan fingerprint density at radius 1 is 0.926 bits per heavy atom. The fraction of sp³-hybridized carbons (Fsp3) is 0.300.